The van der Waals surface area contributed by atoms with Gasteiger partial charge >= 0.3 is 0 Å². The molecule has 0 spiro atoms. The number of hydrogen-bond donors (Lipinski definition) is 0. The summed E-state index contributed by atoms with van der Waals surface area (Å²) in [5, 5.41) is 0. The molecule has 3 fully saturated rings. The van der Waals surface area contributed by atoms with Gasteiger partial charge in [0.05, 0.1) is 12.0 Å². The summed E-state index contributed by atoms with van der Waals surface area (Å²) in [5.74, 6) is 3.84. The summed E-state index contributed by atoms with van der Waals surface area (Å²) in [7, 11) is 0. The molecule has 1 aliphatic heterocycles. The third kappa shape index (κ3) is 1.42. The number of ether oxygens (including phenoxy) is 1. The summed E-state index contributed by atoms with van der Waals surface area (Å²) < 4.78 is 5.98. The van der Waals surface area contributed by atoms with Gasteiger partial charge in [-0.1, -0.05) is 18.2 Å². The zero-order valence-electron chi connectivity index (χ0n) is 12.4. The first kappa shape index (κ1) is 12.1. The van der Waals surface area contributed by atoms with Crippen molar-refractivity contribution in [1.82, 2.24) is 4.90 Å². The molecule has 21 heavy (non-hydrogen) atoms. The normalized spacial score (nSPS) is 42.2. The molecule has 4 aliphatic rings. The van der Waals surface area contributed by atoms with E-state index >= 15 is 0 Å². The standard InChI is InChI=1S/C18H21NO2/c1-11-9-19(10-12-4-2-3-5-15(12)21-11)17(20)18-7-13-6-14(8-18)16(13)18/h2-5,11,13-14,16H,6-10H2,1H3/t11-,13?,14?,16?,18?/m0/s1. The van der Waals surface area contributed by atoms with E-state index in [1.807, 2.05) is 18.2 Å². The van der Waals surface area contributed by atoms with Crippen molar-refractivity contribution in [3.8, 4) is 5.75 Å². The molecule has 1 aromatic carbocycles. The Morgan fingerprint density at radius 2 is 2.05 bits per heavy atom. The molecule has 0 saturated heterocycles. The maximum atomic E-state index is 13.1. The Bertz CT molecular complexity index is 613. The van der Waals surface area contributed by atoms with Gasteiger partial charge < -0.3 is 9.64 Å². The van der Waals surface area contributed by atoms with E-state index in [2.05, 4.69) is 17.9 Å². The minimum atomic E-state index is 0.0343. The Kier molecular flexibility index (Phi) is 2.20. The first-order valence-corrected chi connectivity index (χ1v) is 8.21. The van der Waals surface area contributed by atoms with Crippen LogP contribution in [0.15, 0.2) is 24.3 Å². The molecule has 3 aliphatic carbocycles. The number of hydrogen-bond acceptors (Lipinski definition) is 2. The Morgan fingerprint density at radius 3 is 2.76 bits per heavy atom. The first-order chi connectivity index (χ1) is 10.2. The fourth-order valence-electron chi connectivity index (χ4n) is 5.54. The van der Waals surface area contributed by atoms with Crippen LogP contribution in [0.25, 0.3) is 0 Å². The predicted octanol–water partition coefficient (Wildman–Crippen LogP) is 2.84. The molecule has 0 aromatic heterocycles. The highest BCUT2D eigenvalue weighted by atomic mass is 16.5. The summed E-state index contributed by atoms with van der Waals surface area (Å²) in [5.41, 5.74) is 1.18. The van der Waals surface area contributed by atoms with E-state index < -0.39 is 0 Å². The second-order valence-electron chi connectivity index (χ2n) is 7.57. The molecule has 3 atom stereocenters. The second-order valence-corrected chi connectivity index (χ2v) is 7.57. The van der Waals surface area contributed by atoms with Crippen molar-refractivity contribution in [1.29, 1.82) is 0 Å². The number of carbonyl (C=O) groups excluding carboxylic acids is 1. The molecule has 110 valence electrons. The van der Waals surface area contributed by atoms with Gasteiger partial charge in [-0.3, -0.25) is 4.79 Å². The lowest BCUT2D eigenvalue weighted by molar-refractivity contribution is -0.264. The predicted molar refractivity (Wildman–Crippen MR) is 78.7 cm³/mol. The molecule has 5 rings (SSSR count). The summed E-state index contributed by atoms with van der Waals surface area (Å²) in [4.78, 5) is 15.2. The average Bonchev–Trinajstić information content (AvgIpc) is 2.63. The second kappa shape index (κ2) is 3.82. The third-order valence-corrected chi connectivity index (χ3v) is 6.36. The maximum absolute atomic E-state index is 13.1. The van der Waals surface area contributed by atoms with Crippen LogP contribution in [-0.4, -0.2) is 23.5 Å². The third-order valence-electron chi connectivity index (χ3n) is 6.36. The maximum Gasteiger partial charge on any atom is 0.229 e. The van der Waals surface area contributed by atoms with Crippen LogP contribution in [-0.2, 0) is 11.3 Å². The number of carbonyl (C=O) groups is 1. The minimum absolute atomic E-state index is 0.0343. The molecule has 0 radical (unpaired) electrons. The number of benzene rings is 1. The zero-order valence-corrected chi connectivity index (χ0v) is 12.4. The van der Waals surface area contributed by atoms with Crippen LogP contribution in [0.5, 0.6) is 5.75 Å². The molecule has 3 nitrogen and oxygen atoms in total. The monoisotopic (exact) mass is 283 g/mol. The topological polar surface area (TPSA) is 29.5 Å². The van der Waals surface area contributed by atoms with Crippen molar-refractivity contribution in [3.63, 3.8) is 0 Å². The van der Waals surface area contributed by atoms with Crippen molar-refractivity contribution < 1.29 is 9.53 Å². The van der Waals surface area contributed by atoms with Gasteiger partial charge in [0, 0.05) is 12.1 Å². The fourth-order valence-corrected chi connectivity index (χ4v) is 5.54. The van der Waals surface area contributed by atoms with Crippen molar-refractivity contribution in [3.05, 3.63) is 29.8 Å². The zero-order chi connectivity index (χ0) is 14.2. The smallest absolute Gasteiger partial charge is 0.229 e. The van der Waals surface area contributed by atoms with Gasteiger partial charge in [-0.15, -0.1) is 0 Å². The Morgan fingerprint density at radius 1 is 1.29 bits per heavy atom. The first-order valence-electron chi connectivity index (χ1n) is 8.21. The lowest BCUT2D eigenvalue weighted by Crippen LogP contribution is -2.74. The van der Waals surface area contributed by atoms with E-state index in [-0.39, 0.29) is 11.5 Å². The highest BCUT2D eigenvalue weighted by Crippen LogP contribution is 2.77. The summed E-state index contributed by atoms with van der Waals surface area (Å²) >= 11 is 0. The van der Waals surface area contributed by atoms with Crippen LogP contribution >= 0.6 is 0 Å². The minimum Gasteiger partial charge on any atom is -0.489 e. The molecule has 1 amide bonds. The van der Waals surface area contributed by atoms with E-state index in [0.717, 1.165) is 48.5 Å². The summed E-state index contributed by atoms with van der Waals surface area (Å²) in [6, 6.07) is 8.14. The molecular formula is C18H21NO2. The van der Waals surface area contributed by atoms with Crippen LogP contribution in [0.2, 0.25) is 0 Å². The van der Waals surface area contributed by atoms with E-state index in [9.17, 15) is 4.79 Å². The number of nitrogens with zero attached hydrogens (tertiary/aromatic N) is 1. The summed E-state index contributed by atoms with van der Waals surface area (Å²) in [6.45, 7) is 3.50. The molecular weight excluding hydrogens is 262 g/mol. The molecule has 0 N–H and O–H groups in total. The highest BCUT2D eigenvalue weighted by Gasteiger charge is 2.75. The van der Waals surface area contributed by atoms with Crippen LogP contribution in [0.1, 0.15) is 31.7 Å². The molecule has 1 aromatic rings. The SMILES string of the molecule is C[C@H]1CN(C(=O)C23CC4CC(C2)C43)Cc2ccccc2O1. The van der Waals surface area contributed by atoms with Crippen LogP contribution in [0, 0.1) is 23.2 Å². The molecule has 2 unspecified atom stereocenters. The van der Waals surface area contributed by atoms with E-state index in [1.165, 1.54) is 6.42 Å². The van der Waals surface area contributed by atoms with Crippen molar-refractivity contribution >= 4 is 5.91 Å². The van der Waals surface area contributed by atoms with E-state index in [4.69, 9.17) is 4.74 Å². The Balaban J connectivity index is 1.43. The molecule has 0 bridgehead atoms. The Hall–Kier alpha value is -1.51. The lowest BCUT2D eigenvalue weighted by Gasteiger charge is -2.75. The van der Waals surface area contributed by atoms with Crippen molar-refractivity contribution in [2.24, 2.45) is 23.2 Å². The van der Waals surface area contributed by atoms with Gasteiger partial charge in [-0.25, -0.2) is 0 Å². The Labute approximate surface area is 125 Å². The number of fused-ring (bicyclic) bond motifs is 1. The van der Waals surface area contributed by atoms with Gasteiger partial charge in [0.25, 0.3) is 0 Å². The average molecular weight is 283 g/mol. The molecule has 3 saturated carbocycles. The van der Waals surface area contributed by atoms with Crippen molar-refractivity contribution in [2.75, 3.05) is 6.54 Å². The number of amides is 1. The van der Waals surface area contributed by atoms with Gasteiger partial charge in [-0.2, -0.15) is 0 Å². The highest BCUT2D eigenvalue weighted by molar-refractivity contribution is 5.86. The fraction of sp³-hybridized carbons (Fsp3) is 0.611. The van der Waals surface area contributed by atoms with Crippen LogP contribution in [0.3, 0.4) is 0 Å². The van der Waals surface area contributed by atoms with E-state index in [0.29, 0.717) is 12.5 Å². The molecule has 1 heterocycles. The van der Waals surface area contributed by atoms with Crippen LogP contribution < -0.4 is 4.74 Å². The number of para-hydroxylation sites is 1. The molecule has 3 heteroatoms. The summed E-state index contributed by atoms with van der Waals surface area (Å²) in [6.07, 6.45) is 3.77. The van der Waals surface area contributed by atoms with Crippen LogP contribution in [0.4, 0.5) is 0 Å². The number of rotatable bonds is 1. The van der Waals surface area contributed by atoms with Gasteiger partial charge in [0.2, 0.25) is 5.91 Å². The van der Waals surface area contributed by atoms with E-state index in [1.54, 1.807) is 0 Å². The van der Waals surface area contributed by atoms with Gasteiger partial charge in [-0.05, 0) is 50.0 Å². The lowest BCUT2D eigenvalue weighted by atomic mass is 9.29. The van der Waals surface area contributed by atoms with Crippen molar-refractivity contribution in [2.45, 2.75) is 38.8 Å². The quantitative estimate of drug-likeness (QED) is 0.793. The largest absolute Gasteiger partial charge is 0.489 e. The van der Waals surface area contributed by atoms with Gasteiger partial charge in [0.15, 0.2) is 0 Å². The van der Waals surface area contributed by atoms with Gasteiger partial charge in [0.1, 0.15) is 11.9 Å².